The van der Waals surface area contributed by atoms with Gasteiger partial charge in [0.1, 0.15) is 5.82 Å². The minimum absolute atomic E-state index is 0.120. The fraction of sp³-hybridized carbons (Fsp3) is 0.643. The average Bonchev–Trinajstić information content (AvgIpc) is 2.34. The van der Waals surface area contributed by atoms with Crippen LogP contribution in [0.4, 0.5) is 5.82 Å². The summed E-state index contributed by atoms with van der Waals surface area (Å²) in [6.07, 6.45) is 2.76. The number of aromatic nitrogens is 2. The number of nitrogens with zero attached hydrogens (tertiary/aromatic N) is 1. The number of nitrogens with one attached hydrogen (secondary N) is 2. The lowest BCUT2D eigenvalue weighted by Crippen LogP contribution is -2.48. The third-order valence-electron chi connectivity index (χ3n) is 4.75. The molecule has 3 unspecified atom stereocenters. The highest BCUT2D eigenvalue weighted by atomic mass is 16.4. The summed E-state index contributed by atoms with van der Waals surface area (Å²) in [5.41, 5.74) is -0.503. The Balaban J connectivity index is 2.16. The van der Waals surface area contributed by atoms with Crippen molar-refractivity contribution in [2.75, 3.05) is 5.32 Å². The number of carboxylic acids is 1. The first-order valence-corrected chi connectivity index (χ1v) is 6.86. The van der Waals surface area contributed by atoms with Crippen LogP contribution in [0.5, 0.6) is 0 Å². The number of aliphatic carboxylic acids is 1. The Hall–Kier alpha value is -1.85. The lowest BCUT2D eigenvalue weighted by Gasteiger charge is -2.46. The van der Waals surface area contributed by atoms with Crippen LogP contribution < -0.4 is 10.9 Å². The molecule has 3 N–H and O–H groups in total. The van der Waals surface area contributed by atoms with E-state index in [0.717, 1.165) is 6.42 Å². The second-order valence-electron chi connectivity index (χ2n) is 6.13. The van der Waals surface area contributed by atoms with Crippen molar-refractivity contribution in [3.8, 4) is 0 Å². The molecule has 1 saturated carbocycles. The van der Waals surface area contributed by atoms with Crippen LogP contribution in [0.3, 0.4) is 0 Å². The van der Waals surface area contributed by atoms with Crippen LogP contribution in [0, 0.1) is 17.3 Å². The third kappa shape index (κ3) is 2.69. The molecule has 2 rings (SSSR count). The SMILES string of the molecule is CC1C(Nc2cc(=O)[nH]cn2)CCC(C(=O)O)C1(C)C. The first kappa shape index (κ1) is 14.6. The summed E-state index contributed by atoms with van der Waals surface area (Å²) in [6.45, 7) is 6.05. The van der Waals surface area contributed by atoms with Crippen LogP contribution >= 0.6 is 0 Å². The Labute approximate surface area is 117 Å². The highest BCUT2D eigenvalue weighted by molar-refractivity contribution is 5.71. The quantitative estimate of drug-likeness (QED) is 0.783. The maximum absolute atomic E-state index is 11.3. The summed E-state index contributed by atoms with van der Waals surface area (Å²) in [5.74, 6) is -0.356. The third-order valence-corrected chi connectivity index (χ3v) is 4.75. The van der Waals surface area contributed by atoms with E-state index in [2.05, 4.69) is 22.2 Å². The van der Waals surface area contributed by atoms with Gasteiger partial charge in [0.15, 0.2) is 0 Å². The van der Waals surface area contributed by atoms with Gasteiger partial charge in [0, 0.05) is 12.1 Å². The maximum atomic E-state index is 11.3. The summed E-state index contributed by atoms with van der Waals surface area (Å²) >= 11 is 0. The van der Waals surface area contributed by atoms with Gasteiger partial charge in [0.2, 0.25) is 0 Å². The van der Waals surface area contributed by atoms with Crippen LogP contribution in [-0.4, -0.2) is 27.1 Å². The van der Waals surface area contributed by atoms with Crippen molar-refractivity contribution in [3.63, 3.8) is 0 Å². The summed E-state index contributed by atoms with van der Waals surface area (Å²) in [4.78, 5) is 29.2. The molecule has 1 aliphatic rings. The zero-order valence-electron chi connectivity index (χ0n) is 12.0. The monoisotopic (exact) mass is 279 g/mol. The average molecular weight is 279 g/mol. The van der Waals surface area contributed by atoms with Crippen molar-refractivity contribution in [2.45, 2.75) is 39.7 Å². The van der Waals surface area contributed by atoms with Crippen molar-refractivity contribution >= 4 is 11.8 Å². The predicted octanol–water partition coefficient (Wildman–Crippen LogP) is 1.71. The van der Waals surface area contributed by atoms with Crippen LogP contribution in [0.1, 0.15) is 33.6 Å². The van der Waals surface area contributed by atoms with E-state index >= 15 is 0 Å². The summed E-state index contributed by atoms with van der Waals surface area (Å²) in [5, 5.41) is 12.6. The van der Waals surface area contributed by atoms with Gasteiger partial charge in [0.25, 0.3) is 5.56 Å². The van der Waals surface area contributed by atoms with Crippen molar-refractivity contribution in [1.29, 1.82) is 0 Å². The van der Waals surface area contributed by atoms with Crippen LogP contribution in [-0.2, 0) is 4.79 Å². The first-order chi connectivity index (χ1) is 9.32. The molecule has 110 valence electrons. The zero-order chi connectivity index (χ0) is 14.9. The molecule has 1 aromatic rings. The number of anilines is 1. The van der Waals surface area contributed by atoms with Gasteiger partial charge in [-0.25, -0.2) is 4.98 Å². The molecule has 1 aliphatic carbocycles. The van der Waals surface area contributed by atoms with Crippen LogP contribution in [0.15, 0.2) is 17.2 Å². The van der Waals surface area contributed by atoms with E-state index in [4.69, 9.17) is 0 Å². The summed E-state index contributed by atoms with van der Waals surface area (Å²) in [6, 6.07) is 1.54. The van der Waals surface area contributed by atoms with Crippen molar-refractivity contribution < 1.29 is 9.90 Å². The van der Waals surface area contributed by atoms with Gasteiger partial charge >= 0.3 is 5.97 Å². The Morgan fingerprint density at radius 3 is 2.80 bits per heavy atom. The Bertz CT molecular complexity index is 553. The molecule has 6 nitrogen and oxygen atoms in total. The van der Waals surface area contributed by atoms with Crippen molar-refractivity contribution in [2.24, 2.45) is 17.3 Å². The minimum Gasteiger partial charge on any atom is -0.481 e. The molecule has 0 aromatic carbocycles. The van der Waals surface area contributed by atoms with E-state index in [9.17, 15) is 14.7 Å². The normalized spacial score (nSPS) is 28.9. The van der Waals surface area contributed by atoms with E-state index in [-0.39, 0.29) is 28.9 Å². The van der Waals surface area contributed by atoms with Crippen LogP contribution in [0.25, 0.3) is 0 Å². The molecule has 0 spiro atoms. The number of hydrogen-bond donors (Lipinski definition) is 3. The Morgan fingerprint density at radius 2 is 2.20 bits per heavy atom. The first-order valence-electron chi connectivity index (χ1n) is 6.86. The summed E-state index contributed by atoms with van der Waals surface area (Å²) < 4.78 is 0. The Kier molecular flexibility index (Phi) is 3.83. The Morgan fingerprint density at radius 1 is 1.50 bits per heavy atom. The topological polar surface area (TPSA) is 95.1 Å². The molecule has 0 bridgehead atoms. The number of aromatic amines is 1. The van der Waals surface area contributed by atoms with Gasteiger partial charge in [-0.2, -0.15) is 0 Å². The lowest BCUT2D eigenvalue weighted by atomic mass is 9.61. The van der Waals surface area contributed by atoms with Gasteiger partial charge in [-0.15, -0.1) is 0 Å². The molecule has 20 heavy (non-hydrogen) atoms. The highest BCUT2D eigenvalue weighted by Crippen LogP contribution is 2.45. The van der Waals surface area contributed by atoms with Gasteiger partial charge in [-0.05, 0) is 24.2 Å². The van der Waals surface area contributed by atoms with Crippen molar-refractivity contribution in [1.82, 2.24) is 9.97 Å². The van der Waals surface area contributed by atoms with E-state index in [1.807, 2.05) is 13.8 Å². The zero-order valence-corrected chi connectivity index (χ0v) is 12.0. The number of carbonyl (C=O) groups is 1. The van der Waals surface area contributed by atoms with Gasteiger partial charge in [0.05, 0.1) is 12.2 Å². The van der Waals surface area contributed by atoms with E-state index in [1.54, 1.807) is 0 Å². The number of carboxylic acid groups (broad SMARTS) is 1. The lowest BCUT2D eigenvalue weighted by molar-refractivity contribution is -0.149. The molecule has 1 aromatic heterocycles. The fourth-order valence-electron chi connectivity index (χ4n) is 3.08. The molecule has 0 amide bonds. The second kappa shape index (κ2) is 5.26. The second-order valence-corrected chi connectivity index (χ2v) is 6.13. The predicted molar refractivity (Wildman–Crippen MR) is 75.6 cm³/mol. The van der Waals surface area contributed by atoms with Crippen molar-refractivity contribution in [3.05, 3.63) is 22.7 Å². The number of hydrogen-bond acceptors (Lipinski definition) is 4. The minimum atomic E-state index is -0.727. The molecule has 0 aliphatic heterocycles. The summed E-state index contributed by atoms with van der Waals surface area (Å²) in [7, 11) is 0. The van der Waals surface area contributed by atoms with Gasteiger partial charge in [-0.1, -0.05) is 20.8 Å². The molecule has 1 heterocycles. The van der Waals surface area contributed by atoms with E-state index in [0.29, 0.717) is 12.2 Å². The molecular formula is C14H21N3O3. The number of H-pyrrole nitrogens is 1. The molecule has 0 saturated heterocycles. The smallest absolute Gasteiger partial charge is 0.307 e. The molecule has 3 atom stereocenters. The van der Waals surface area contributed by atoms with Gasteiger partial charge in [-0.3, -0.25) is 9.59 Å². The maximum Gasteiger partial charge on any atom is 0.307 e. The van der Waals surface area contributed by atoms with Gasteiger partial charge < -0.3 is 15.4 Å². The molecular weight excluding hydrogens is 258 g/mol. The fourth-order valence-corrected chi connectivity index (χ4v) is 3.08. The molecule has 0 radical (unpaired) electrons. The highest BCUT2D eigenvalue weighted by Gasteiger charge is 2.46. The van der Waals surface area contributed by atoms with E-state index < -0.39 is 5.97 Å². The largest absolute Gasteiger partial charge is 0.481 e. The van der Waals surface area contributed by atoms with Crippen LogP contribution in [0.2, 0.25) is 0 Å². The molecule has 6 heteroatoms. The standard InChI is InChI=1S/C14H21N3O3/c1-8-10(17-11-6-12(18)16-7-15-11)5-4-9(13(19)20)14(8,2)3/h6-10H,4-5H2,1-3H3,(H,19,20)(H2,15,16,17,18). The number of rotatable bonds is 3. The molecule has 1 fully saturated rings. The van der Waals surface area contributed by atoms with E-state index in [1.165, 1.54) is 12.4 Å².